The van der Waals surface area contributed by atoms with E-state index >= 15 is 0 Å². The van der Waals surface area contributed by atoms with Gasteiger partial charge in [0.2, 0.25) is 15.9 Å². The molecule has 0 saturated carbocycles. The Balaban J connectivity index is 2.06. The predicted molar refractivity (Wildman–Crippen MR) is 113 cm³/mol. The number of sulfonamides is 1. The Labute approximate surface area is 186 Å². The highest BCUT2D eigenvalue weighted by molar-refractivity contribution is 7.92. The Morgan fingerprint density at radius 3 is 2.30 bits per heavy atom. The zero-order valence-corrected chi connectivity index (χ0v) is 18.5. The zero-order chi connectivity index (χ0) is 22.7. The number of carbonyl (C=O) groups excluding carboxylic acids is 1. The van der Waals surface area contributed by atoms with Crippen molar-refractivity contribution in [1.29, 1.82) is 0 Å². The van der Waals surface area contributed by atoms with E-state index in [1.807, 2.05) is 0 Å². The topological polar surface area (TPSA) is 66.5 Å². The number of nitrogens with zero attached hydrogens (tertiary/aromatic N) is 1. The Bertz CT molecular complexity index is 1050. The number of benzene rings is 2. The molecule has 0 aliphatic heterocycles. The molecular formula is C18H16Cl3F3N2O3S. The second-order valence-electron chi connectivity index (χ2n) is 6.27. The fourth-order valence-electron chi connectivity index (χ4n) is 2.57. The molecule has 30 heavy (non-hydrogen) atoms. The summed E-state index contributed by atoms with van der Waals surface area (Å²) in [6.07, 6.45) is -3.74. The van der Waals surface area contributed by atoms with Crippen molar-refractivity contribution < 1.29 is 26.4 Å². The van der Waals surface area contributed by atoms with Gasteiger partial charge in [0.05, 0.1) is 27.6 Å². The second kappa shape index (κ2) is 9.64. The molecule has 0 aromatic heterocycles. The van der Waals surface area contributed by atoms with Crippen LogP contribution < -0.4 is 9.62 Å². The Hall–Kier alpha value is -1.68. The number of carbonyl (C=O) groups is 1. The third-order valence-corrected chi connectivity index (χ3v) is 5.96. The molecule has 0 atom stereocenters. The molecule has 0 saturated heterocycles. The van der Waals surface area contributed by atoms with Crippen molar-refractivity contribution in [3.05, 3.63) is 57.0 Å². The number of anilines is 2. The third kappa shape index (κ3) is 6.66. The molecule has 5 nitrogen and oxygen atoms in total. The van der Waals surface area contributed by atoms with Crippen LogP contribution in [0.3, 0.4) is 0 Å². The summed E-state index contributed by atoms with van der Waals surface area (Å²) in [5.41, 5.74) is -0.977. The quantitative estimate of drug-likeness (QED) is 0.515. The minimum absolute atomic E-state index is 0.0745. The number of halogens is 6. The molecule has 2 aromatic carbocycles. The van der Waals surface area contributed by atoms with Gasteiger partial charge < -0.3 is 5.32 Å². The van der Waals surface area contributed by atoms with Crippen molar-refractivity contribution in [1.82, 2.24) is 0 Å². The van der Waals surface area contributed by atoms with Crippen molar-refractivity contribution in [2.24, 2.45) is 0 Å². The molecule has 0 fully saturated rings. The molecule has 0 bridgehead atoms. The molecule has 164 valence electrons. The lowest BCUT2D eigenvalue weighted by atomic mass is 10.2. The van der Waals surface area contributed by atoms with E-state index in [1.54, 1.807) is 0 Å². The Morgan fingerprint density at radius 1 is 1.07 bits per heavy atom. The Morgan fingerprint density at radius 2 is 1.70 bits per heavy atom. The first-order chi connectivity index (χ1) is 13.8. The van der Waals surface area contributed by atoms with Crippen molar-refractivity contribution in [3.8, 4) is 0 Å². The summed E-state index contributed by atoms with van der Waals surface area (Å²) in [7, 11) is -3.72. The maximum atomic E-state index is 12.9. The summed E-state index contributed by atoms with van der Waals surface area (Å²) < 4.78 is 64.0. The summed E-state index contributed by atoms with van der Waals surface area (Å²) in [5, 5.41) is 2.30. The van der Waals surface area contributed by atoms with Gasteiger partial charge in [0, 0.05) is 23.7 Å². The normalized spacial score (nSPS) is 12.0. The standard InChI is InChI=1S/C18H16Cl3F3N2O3S/c1-30(28,29)26(16-9-11(19)4-6-15(16)21)8-2-3-17(27)25-12-5-7-14(20)13(10-12)18(22,23)24/h4-7,9-10H,2-3,8H2,1H3,(H,25,27). The number of nitrogens with one attached hydrogen (secondary N) is 1. The Kier molecular flexibility index (Phi) is 7.90. The van der Waals surface area contributed by atoms with E-state index in [4.69, 9.17) is 34.8 Å². The smallest absolute Gasteiger partial charge is 0.326 e. The molecule has 1 amide bonds. The SMILES string of the molecule is CS(=O)(=O)N(CCCC(=O)Nc1ccc(Cl)c(C(F)(F)F)c1)c1cc(Cl)ccc1Cl. The van der Waals surface area contributed by atoms with E-state index < -0.39 is 32.7 Å². The molecule has 0 spiro atoms. The zero-order valence-electron chi connectivity index (χ0n) is 15.4. The summed E-state index contributed by atoms with van der Waals surface area (Å²) >= 11 is 17.5. The van der Waals surface area contributed by atoms with Crippen LogP contribution in [0.15, 0.2) is 36.4 Å². The van der Waals surface area contributed by atoms with Crippen LogP contribution >= 0.6 is 34.8 Å². The first-order valence-electron chi connectivity index (χ1n) is 8.38. The lowest BCUT2D eigenvalue weighted by molar-refractivity contribution is -0.137. The van der Waals surface area contributed by atoms with Crippen LogP contribution in [0.1, 0.15) is 18.4 Å². The first kappa shape index (κ1) is 24.6. The number of amides is 1. The van der Waals surface area contributed by atoms with Crippen LogP contribution in [0.5, 0.6) is 0 Å². The van der Waals surface area contributed by atoms with E-state index in [9.17, 15) is 26.4 Å². The lowest BCUT2D eigenvalue weighted by Crippen LogP contribution is -2.31. The van der Waals surface area contributed by atoms with Crippen LogP contribution in [0, 0.1) is 0 Å². The highest BCUT2D eigenvalue weighted by Gasteiger charge is 2.33. The van der Waals surface area contributed by atoms with E-state index in [2.05, 4.69) is 5.32 Å². The van der Waals surface area contributed by atoms with Gasteiger partial charge in [0.25, 0.3) is 0 Å². The fourth-order valence-corrected chi connectivity index (χ4v) is 4.20. The van der Waals surface area contributed by atoms with Gasteiger partial charge in [-0.05, 0) is 42.8 Å². The van der Waals surface area contributed by atoms with Crippen LogP contribution in [-0.4, -0.2) is 27.1 Å². The number of rotatable bonds is 7. The number of alkyl halides is 3. The highest BCUT2D eigenvalue weighted by atomic mass is 35.5. The van der Waals surface area contributed by atoms with E-state index in [0.717, 1.165) is 22.7 Å². The van der Waals surface area contributed by atoms with Gasteiger partial charge in [-0.2, -0.15) is 13.2 Å². The van der Waals surface area contributed by atoms with Gasteiger partial charge in [-0.25, -0.2) is 8.42 Å². The summed E-state index contributed by atoms with van der Waals surface area (Å²) in [5.74, 6) is -0.587. The molecule has 0 aliphatic carbocycles. The first-order valence-corrected chi connectivity index (χ1v) is 11.4. The van der Waals surface area contributed by atoms with Crippen molar-refractivity contribution in [2.75, 3.05) is 22.4 Å². The van der Waals surface area contributed by atoms with Gasteiger partial charge >= 0.3 is 6.18 Å². The van der Waals surface area contributed by atoms with Gasteiger partial charge in [-0.1, -0.05) is 34.8 Å². The van der Waals surface area contributed by atoms with Gasteiger partial charge in [0.1, 0.15) is 0 Å². The molecule has 0 radical (unpaired) electrons. The van der Waals surface area contributed by atoms with Gasteiger partial charge in [-0.15, -0.1) is 0 Å². The van der Waals surface area contributed by atoms with Crippen LogP contribution in [0.4, 0.5) is 24.5 Å². The third-order valence-electron chi connectivity index (χ3n) is 3.90. The van der Waals surface area contributed by atoms with Gasteiger partial charge in [0.15, 0.2) is 0 Å². The van der Waals surface area contributed by atoms with Gasteiger partial charge in [-0.3, -0.25) is 9.10 Å². The van der Waals surface area contributed by atoms with Crippen LogP contribution in [0.2, 0.25) is 15.1 Å². The molecule has 2 aromatic rings. The number of hydrogen-bond acceptors (Lipinski definition) is 3. The minimum atomic E-state index is -4.66. The van der Waals surface area contributed by atoms with Crippen molar-refractivity contribution in [3.63, 3.8) is 0 Å². The average molecular weight is 504 g/mol. The van der Waals surface area contributed by atoms with Crippen LogP contribution in [0.25, 0.3) is 0 Å². The van der Waals surface area contributed by atoms with E-state index in [0.29, 0.717) is 0 Å². The highest BCUT2D eigenvalue weighted by Crippen LogP contribution is 2.36. The molecule has 0 unspecified atom stereocenters. The molecule has 12 heteroatoms. The molecular weight excluding hydrogens is 488 g/mol. The summed E-state index contributed by atoms with van der Waals surface area (Å²) in [6, 6.07) is 7.34. The average Bonchev–Trinajstić information content (AvgIpc) is 2.61. The largest absolute Gasteiger partial charge is 0.417 e. The van der Waals surface area contributed by atoms with Crippen LogP contribution in [-0.2, 0) is 21.0 Å². The van der Waals surface area contributed by atoms with E-state index in [1.165, 1.54) is 24.3 Å². The number of hydrogen-bond donors (Lipinski definition) is 1. The molecule has 1 N–H and O–H groups in total. The molecule has 2 rings (SSSR count). The summed E-state index contributed by atoms with van der Waals surface area (Å²) in [6.45, 7) is -0.0826. The monoisotopic (exact) mass is 502 g/mol. The predicted octanol–water partition coefficient (Wildman–Crippen LogP) is 5.85. The minimum Gasteiger partial charge on any atom is -0.326 e. The van der Waals surface area contributed by atoms with Crippen molar-refractivity contribution >= 4 is 62.1 Å². The lowest BCUT2D eigenvalue weighted by Gasteiger charge is -2.23. The second-order valence-corrected chi connectivity index (χ2v) is 9.43. The maximum absolute atomic E-state index is 12.9. The summed E-state index contributed by atoms with van der Waals surface area (Å²) in [4.78, 5) is 12.1. The van der Waals surface area contributed by atoms with E-state index in [-0.39, 0.29) is 40.8 Å². The molecule has 0 heterocycles. The molecule has 0 aliphatic rings. The van der Waals surface area contributed by atoms with Crippen molar-refractivity contribution in [2.45, 2.75) is 19.0 Å². The fraction of sp³-hybridized carbons (Fsp3) is 0.278. The maximum Gasteiger partial charge on any atom is 0.417 e.